The summed E-state index contributed by atoms with van der Waals surface area (Å²) in [6.45, 7) is 0. The summed E-state index contributed by atoms with van der Waals surface area (Å²) in [5, 5.41) is 3.30. The molecule has 0 amide bonds. The van der Waals surface area contributed by atoms with Gasteiger partial charge in [0.15, 0.2) is 5.58 Å². The van der Waals surface area contributed by atoms with Gasteiger partial charge in [-0.1, -0.05) is 40.2 Å². The van der Waals surface area contributed by atoms with Crippen LogP contribution in [0.4, 0.5) is 0 Å². The van der Waals surface area contributed by atoms with E-state index in [1.165, 1.54) is 4.57 Å². The number of nitrogens with zero attached hydrogens (tertiary/aromatic N) is 1. The Morgan fingerprint density at radius 2 is 2.00 bits per heavy atom. The Morgan fingerprint density at radius 1 is 1.24 bits per heavy atom. The number of hydrogen-bond donors (Lipinski definition) is 1. The van der Waals surface area contributed by atoms with Crippen molar-refractivity contribution in [1.82, 2.24) is 9.88 Å². The average molecular weight is 347 g/mol. The van der Waals surface area contributed by atoms with Gasteiger partial charge in [-0.3, -0.25) is 4.57 Å². The predicted octanol–water partition coefficient (Wildman–Crippen LogP) is 3.20. The monoisotopic (exact) mass is 346 g/mol. The lowest BCUT2D eigenvalue weighted by molar-refractivity contribution is 0.527. The van der Waals surface area contributed by atoms with Gasteiger partial charge < -0.3 is 9.73 Å². The van der Waals surface area contributed by atoms with Gasteiger partial charge >= 0.3 is 5.76 Å². The van der Waals surface area contributed by atoms with E-state index < -0.39 is 0 Å². The summed E-state index contributed by atoms with van der Waals surface area (Å²) in [4.78, 5) is 11.6. The number of nitrogens with one attached hydrogen (secondary N) is 1. The standard InChI is InChI=1S/C16H15BrN2O2/c1-18-15(11-5-3-4-6-12(11)17)10-7-8-13-14(9-10)21-16(20)19(13)2/h3-9,15,18H,1-2H3. The van der Waals surface area contributed by atoms with Crippen LogP contribution in [-0.4, -0.2) is 11.6 Å². The van der Waals surface area contributed by atoms with Crippen LogP contribution in [0.1, 0.15) is 17.2 Å². The van der Waals surface area contributed by atoms with Crippen LogP contribution in [0.3, 0.4) is 0 Å². The van der Waals surface area contributed by atoms with E-state index >= 15 is 0 Å². The van der Waals surface area contributed by atoms with Gasteiger partial charge in [0.25, 0.3) is 0 Å². The number of oxazole rings is 1. The zero-order chi connectivity index (χ0) is 15.0. The second-order valence-corrected chi connectivity index (χ2v) is 5.75. The Hall–Kier alpha value is -1.85. The zero-order valence-electron chi connectivity index (χ0n) is 11.8. The van der Waals surface area contributed by atoms with Crippen molar-refractivity contribution in [1.29, 1.82) is 0 Å². The summed E-state index contributed by atoms with van der Waals surface area (Å²) >= 11 is 3.58. The molecule has 0 bridgehead atoms. The smallest absolute Gasteiger partial charge is 0.408 e. The lowest BCUT2D eigenvalue weighted by Crippen LogP contribution is -2.18. The van der Waals surface area contributed by atoms with Crippen molar-refractivity contribution in [2.75, 3.05) is 7.05 Å². The first-order valence-corrected chi connectivity index (χ1v) is 7.42. The van der Waals surface area contributed by atoms with E-state index in [-0.39, 0.29) is 11.8 Å². The molecule has 0 spiro atoms. The highest BCUT2D eigenvalue weighted by Crippen LogP contribution is 2.29. The van der Waals surface area contributed by atoms with E-state index in [2.05, 4.69) is 27.3 Å². The second kappa shape index (κ2) is 5.50. The molecule has 0 fully saturated rings. The molecular formula is C16H15BrN2O2. The maximum Gasteiger partial charge on any atom is 0.419 e. The van der Waals surface area contributed by atoms with Crippen molar-refractivity contribution in [2.24, 2.45) is 7.05 Å². The van der Waals surface area contributed by atoms with Crippen LogP contribution in [0.2, 0.25) is 0 Å². The maximum atomic E-state index is 11.6. The number of benzene rings is 2. The molecule has 108 valence electrons. The summed E-state index contributed by atoms with van der Waals surface area (Å²) in [6.07, 6.45) is 0. The van der Waals surface area contributed by atoms with E-state index in [4.69, 9.17) is 4.42 Å². The topological polar surface area (TPSA) is 47.2 Å². The Bertz CT molecular complexity index is 851. The fraction of sp³-hybridized carbons (Fsp3) is 0.188. The van der Waals surface area contributed by atoms with E-state index in [1.54, 1.807) is 7.05 Å². The molecule has 1 heterocycles. The number of aromatic nitrogens is 1. The number of fused-ring (bicyclic) bond motifs is 1. The van der Waals surface area contributed by atoms with E-state index in [0.29, 0.717) is 5.58 Å². The first-order valence-electron chi connectivity index (χ1n) is 6.63. The lowest BCUT2D eigenvalue weighted by Gasteiger charge is -2.18. The molecule has 1 aromatic heterocycles. The van der Waals surface area contributed by atoms with Crippen LogP contribution in [-0.2, 0) is 7.05 Å². The van der Waals surface area contributed by atoms with Crippen LogP contribution >= 0.6 is 15.9 Å². The Balaban J connectivity index is 2.13. The third-order valence-corrected chi connectivity index (χ3v) is 4.38. The van der Waals surface area contributed by atoms with Gasteiger partial charge in [0, 0.05) is 11.5 Å². The van der Waals surface area contributed by atoms with Gasteiger partial charge in [-0.2, -0.15) is 0 Å². The highest BCUT2D eigenvalue weighted by atomic mass is 79.9. The minimum atomic E-state index is -0.343. The SMILES string of the molecule is CNC(c1ccc2c(c1)oc(=O)n2C)c1ccccc1Br. The quantitative estimate of drug-likeness (QED) is 0.792. The lowest BCUT2D eigenvalue weighted by atomic mass is 9.98. The molecular weight excluding hydrogens is 332 g/mol. The van der Waals surface area contributed by atoms with Gasteiger partial charge in [-0.05, 0) is 36.4 Å². The Morgan fingerprint density at radius 3 is 2.71 bits per heavy atom. The van der Waals surface area contributed by atoms with Crippen molar-refractivity contribution < 1.29 is 4.42 Å². The van der Waals surface area contributed by atoms with Crippen molar-refractivity contribution in [2.45, 2.75) is 6.04 Å². The summed E-state index contributed by atoms with van der Waals surface area (Å²) in [5.74, 6) is -0.343. The van der Waals surface area contributed by atoms with E-state index in [1.807, 2.05) is 43.4 Å². The van der Waals surface area contributed by atoms with Gasteiger partial charge in [0.1, 0.15) is 0 Å². The molecule has 0 aliphatic heterocycles. The first kappa shape index (κ1) is 14.1. The van der Waals surface area contributed by atoms with Gasteiger partial charge in [-0.15, -0.1) is 0 Å². The third kappa shape index (κ3) is 2.43. The van der Waals surface area contributed by atoms with Gasteiger partial charge in [0.2, 0.25) is 0 Å². The molecule has 1 N–H and O–H groups in total. The number of aryl methyl sites for hydroxylation is 1. The molecule has 5 heteroatoms. The summed E-state index contributed by atoms with van der Waals surface area (Å²) < 4.78 is 7.81. The Labute approximate surface area is 130 Å². The minimum absolute atomic E-state index is 0.0236. The largest absolute Gasteiger partial charge is 0.419 e. The minimum Gasteiger partial charge on any atom is -0.408 e. The normalized spacial score (nSPS) is 12.7. The molecule has 0 saturated carbocycles. The summed E-state index contributed by atoms with van der Waals surface area (Å²) in [7, 11) is 3.62. The molecule has 0 aliphatic carbocycles. The highest BCUT2D eigenvalue weighted by Gasteiger charge is 2.16. The fourth-order valence-electron chi connectivity index (χ4n) is 2.54. The number of hydrogen-bond acceptors (Lipinski definition) is 3. The summed E-state index contributed by atoms with van der Waals surface area (Å²) in [6, 6.07) is 13.9. The molecule has 0 radical (unpaired) electrons. The first-order chi connectivity index (χ1) is 10.1. The molecule has 2 aromatic carbocycles. The maximum absolute atomic E-state index is 11.6. The van der Waals surface area contributed by atoms with E-state index in [0.717, 1.165) is 21.1 Å². The van der Waals surface area contributed by atoms with E-state index in [9.17, 15) is 4.79 Å². The van der Waals surface area contributed by atoms with Crippen molar-refractivity contribution >= 4 is 27.0 Å². The second-order valence-electron chi connectivity index (χ2n) is 4.90. The third-order valence-electron chi connectivity index (χ3n) is 3.65. The Kier molecular flexibility index (Phi) is 3.69. The average Bonchev–Trinajstić information content (AvgIpc) is 2.77. The van der Waals surface area contributed by atoms with Crippen molar-refractivity contribution in [3.63, 3.8) is 0 Å². The predicted molar refractivity (Wildman–Crippen MR) is 86.5 cm³/mol. The molecule has 21 heavy (non-hydrogen) atoms. The van der Waals surface area contributed by atoms with Gasteiger partial charge in [-0.25, -0.2) is 4.79 Å². The number of halogens is 1. The summed E-state index contributed by atoms with van der Waals surface area (Å²) in [5.41, 5.74) is 3.59. The number of rotatable bonds is 3. The molecule has 1 atom stereocenters. The molecule has 1 unspecified atom stereocenters. The zero-order valence-corrected chi connectivity index (χ0v) is 13.3. The molecule has 0 aliphatic rings. The van der Waals surface area contributed by atoms with Crippen LogP contribution < -0.4 is 11.1 Å². The van der Waals surface area contributed by atoms with Crippen LogP contribution in [0.5, 0.6) is 0 Å². The van der Waals surface area contributed by atoms with Crippen LogP contribution in [0.25, 0.3) is 11.1 Å². The van der Waals surface area contributed by atoms with Gasteiger partial charge in [0.05, 0.1) is 11.6 Å². The molecule has 0 saturated heterocycles. The van der Waals surface area contributed by atoms with Crippen molar-refractivity contribution in [3.05, 3.63) is 68.6 Å². The van der Waals surface area contributed by atoms with Crippen molar-refractivity contribution in [3.8, 4) is 0 Å². The molecule has 3 aromatic rings. The van der Waals surface area contributed by atoms with Crippen LogP contribution in [0.15, 0.2) is 56.1 Å². The molecule has 3 rings (SSSR count). The fourth-order valence-corrected chi connectivity index (χ4v) is 3.05. The van der Waals surface area contributed by atoms with Crippen LogP contribution in [0, 0.1) is 0 Å². The highest BCUT2D eigenvalue weighted by molar-refractivity contribution is 9.10. The molecule has 4 nitrogen and oxygen atoms in total.